The zero-order valence-electron chi connectivity index (χ0n) is 39.1. The molecule has 19 heteroatoms. The summed E-state index contributed by atoms with van der Waals surface area (Å²) in [4.78, 5) is 44.2. The molecule has 0 saturated carbocycles. The first-order valence-electron chi connectivity index (χ1n) is 22.0. The van der Waals surface area contributed by atoms with Crippen LogP contribution in [-0.4, -0.2) is 110 Å². The minimum absolute atomic E-state index is 0. The fourth-order valence-corrected chi connectivity index (χ4v) is 10.2. The van der Waals surface area contributed by atoms with Crippen LogP contribution in [-0.2, 0) is 54.3 Å². The predicted octanol–water partition coefficient (Wildman–Crippen LogP) is 3.74. The quantitative estimate of drug-likeness (QED) is 0.0597. The Hall–Kier alpha value is -4.76. The fraction of sp³-hybridized carbons (Fsp3) is 0.388. The molecule has 68 heavy (non-hydrogen) atoms. The SMILES string of the molecule is COCCOCCN1c2cc3c(cc2C(C)=CC1(C)C)C(=CC=CC1=[N+](CCCS(=O)(=O)O)c2ccc(S(=O)(=O)[O-])cc2C1(C)CCCC(=O)ON1C(=O)CCC1=O)C=C(c1ccccc1)O3.[Na+]. The molecule has 0 radical (unpaired) electrons. The van der Waals surface area contributed by atoms with Crippen molar-refractivity contribution in [3.63, 3.8) is 0 Å². The second kappa shape index (κ2) is 21.5. The molecule has 4 aliphatic rings. The van der Waals surface area contributed by atoms with E-state index in [1.54, 1.807) is 7.11 Å². The van der Waals surface area contributed by atoms with E-state index in [1.165, 1.54) is 18.2 Å². The Morgan fingerprint density at radius 1 is 0.956 bits per heavy atom. The van der Waals surface area contributed by atoms with E-state index in [0.717, 1.165) is 33.5 Å². The number of carbonyl (C=O) groups excluding carboxylic acids is 3. The normalized spacial score (nSPS) is 19.4. The maximum atomic E-state index is 13.0. The Morgan fingerprint density at radius 2 is 1.68 bits per heavy atom. The number of ether oxygens (including phenoxy) is 3. The van der Waals surface area contributed by atoms with Crippen LogP contribution in [0.15, 0.2) is 95.9 Å². The van der Waals surface area contributed by atoms with Gasteiger partial charge in [-0.15, -0.1) is 5.06 Å². The smallest absolute Gasteiger partial charge is 0.744 e. The monoisotopic (exact) mass is 980 g/mol. The molecule has 1 atom stereocenters. The maximum absolute atomic E-state index is 13.0. The van der Waals surface area contributed by atoms with Crippen molar-refractivity contribution in [1.82, 2.24) is 5.06 Å². The summed E-state index contributed by atoms with van der Waals surface area (Å²) in [6, 6.07) is 17.8. The van der Waals surface area contributed by atoms with E-state index in [0.29, 0.717) is 59.9 Å². The van der Waals surface area contributed by atoms with Gasteiger partial charge in [0.05, 0.1) is 41.4 Å². The van der Waals surface area contributed by atoms with Crippen molar-refractivity contribution in [3.05, 3.63) is 113 Å². The van der Waals surface area contributed by atoms with Crippen molar-refractivity contribution < 1.29 is 93.5 Å². The molecule has 0 bridgehead atoms. The van der Waals surface area contributed by atoms with Gasteiger partial charge >= 0.3 is 35.5 Å². The van der Waals surface area contributed by atoms with Crippen LogP contribution in [0.25, 0.3) is 16.9 Å². The van der Waals surface area contributed by atoms with Crippen LogP contribution in [0.3, 0.4) is 0 Å². The molecule has 0 aliphatic carbocycles. The number of fused-ring (bicyclic) bond motifs is 3. The average Bonchev–Trinajstić information content (AvgIpc) is 3.70. The Morgan fingerprint density at radius 3 is 2.35 bits per heavy atom. The molecule has 4 heterocycles. The summed E-state index contributed by atoms with van der Waals surface area (Å²) >= 11 is 0. The van der Waals surface area contributed by atoms with Crippen LogP contribution in [0, 0.1) is 0 Å². The molecule has 3 aromatic rings. The van der Waals surface area contributed by atoms with E-state index < -0.39 is 54.1 Å². The number of nitrogens with zero attached hydrogens (tertiary/aromatic N) is 3. The van der Waals surface area contributed by atoms with Crippen LogP contribution >= 0.6 is 0 Å². The third-order valence-corrected chi connectivity index (χ3v) is 14.1. The number of hydrogen-bond donors (Lipinski definition) is 1. The maximum Gasteiger partial charge on any atom is 1.00 e. The molecular formula is C49H55N3NaO13S2+. The molecule has 1 fully saturated rings. The van der Waals surface area contributed by atoms with Gasteiger partial charge in [-0.1, -0.05) is 48.6 Å². The summed E-state index contributed by atoms with van der Waals surface area (Å²) in [7, 11) is -7.63. The summed E-state index contributed by atoms with van der Waals surface area (Å²) in [5.41, 5.74) is 5.65. The van der Waals surface area contributed by atoms with Crippen LogP contribution in [0.5, 0.6) is 5.75 Å². The second-order valence-corrected chi connectivity index (χ2v) is 20.6. The van der Waals surface area contributed by atoms with Crippen molar-refractivity contribution >= 4 is 72.0 Å². The van der Waals surface area contributed by atoms with Gasteiger partial charge in [0.25, 0.3) is 21.9 Å². The number of carbonyl (C=O) groups is 3. The van der Waals surface area contributed by atoms with E-state index in [9.17, 15) is 40.3 Å². The van der Waals surface area contributed by atoms with E-state index >= 15 is 0 Å². The van der Waals surface area contributed by atoms with Crippen LogP contribution in [0.4, 0.5) is 11.4 Å². The molecule has 0 aromatic heterocycles. The Bertz CT molecular complexity index is 2840. The summed E-state index contributed by atoms with van der Waals surface area (Å²) in [5.74, 6) is -1.37. The number of hydroxylamine groups is 2. The van der Waals surface area contributed by atoms with Crippen LogP contribution in [0.1, 0.15) is 88.5 Å². The molecule has 2 amide bonds. The van der Waals surface area contributed by atoms with Crippen molar-refractivity contribution in [3.8, 4) is 5.75 Å². The third kappa shape index (κ3) is 11.8. The molecule has 1 N–H and O–H groups in total. The van der Waals surface area contributed by atoms with Crippen molar-refractivity contribution in [2.45, 2.75) is 82.1 Å². The molecule has 16 nitrogen and oxygen atoms in total. The minimum Gasteiger partial charge on any atom is -0.744 e. The first-order chi connectivity index (χ1) is 31.7. The summed E-state index contributed by atoms with van der Waals surface area (Å²) in [6.07, 6.45) is 9.71. The van der Waals surface area contributed by atoms with Crippen molar-refractivity contribution in [2.24, 2.45) is 0 Å². The number of amides is 2. The van der Waals surface area contributed by atoms with Gasteiger partial charge in [0.15, 0.2) is 5.71 Å². The number of benzene rings is 3. The van der Waals surface area contributed by atoms with Gasteiger partial charge in [0.1, 0.15) is 28.2 Å². The fourth-order valence-electron chi connectivity index (χ4n) is 9.20. The van der Waals surface area contributed by atoms with Gasteiger partial charge in [0, 0.05) is 85.5 Å². The van der Waals surface area contributed by atoms with Gasteiger partial charge in [-0.05, 0) is 76.0 Å². The largest absolute Gasteiger partial charge is 1.00 e. The molecule has 7 rings (SSSR count). The molecule has 1 unspecified atom stereocenters. The number of hydrogen-bond acceptors (Lipinski definition) is 13. The van der Waals surface area contributed by atoms with Crippen LogP contribution in [0.2, 0.25) is 0 Å². The van der Waals surface area contributed by atoms with Gasteiger partial charge in [-0.2, -0.15) is 13.0 Å². The second-order valence-electron chi connectivity index (χ2n) is 17.6. The number of methoxy groups -OCH3 is 1. The van der Waals surface area contributed by atoms with E-state index in [4.69, 9.17) is 19.0 Å². The Labute approximate surface area is 419 Å². The third-order valence-electron chi connectivity index (χ3n) is 12.4. The first kappa shape index (κ1) is 52.6. The Kier molecular flexibility index (Phi) is 16.6. The topological polar surface area (TPSA) is 209 Å². The van der Waals surface area contributed by atoms with E-state index in [2.05, 4.69) is 43.9 Å². The van der Waals surface area contributed by atoms with Gasteiger partial charge in [-0.3, -0.25) is 14.1 Å². The number of rotatable bonds is 19. The standard InChI is InChI=1S/C49H55N3O13S2.Na/c1-33-32-48(2,3)51(23-24-63-26-25-62-5)41-31-43-38(30-37(33)41)35(28-42(64-43)34-12-7-6-8-13-34)14-9-15-44-49(4,21-10-16-47(55)65-52-45(53)19-20-46(52)54)39-29-36(67(59,60)61)17-18-40(39)50(44)22-11-27-66(56,57)58;/h6-9,12-15,17-18,28-32H,10-11,16,19-27H2,1-5H3,(H-,56,57,58,59,60,61);/q;+1. The minimum atomic E-state index is -4.92. The van der Waals surface area contributed by atoms with E-state index in [-0.39, 0.29) is 80.2 Å². The molecular weight excluding hydrogens is 926 g/mol. The van der Waals surface area contributed by atoms with Gasteiger partial charge < -0.3 is 28.5 Å². The number of anilines is 1. The average molecular weight is 981 g/mol. The van der Waals surface area contributed by atoms with E-state index in [1.807, 2.05) is 66.1 Å². The molecule has 356 valence electrons. The number of allylic oxidation sites excluding steroid dienone is 6. The summed E-state index contributed by atoms with van der Waals surface area (Å²) < 4.78 is 90.1. The summed E-state index contributed by atoms with van der Waals surface area (Å²) in [5, 5.41) is 0.474. The molecule has 4 aliphatic heterocycles. The zero-order valence-corrected chi connectivity index (χ0v) is 42.8. The predicted molar refractivity (Wildman–Crippen MR) is 250 cm³/mol. The van der Waals surface area contributed by atoms with Gasteiger partial charge in [0.2, 0.25) is 5.69 Å². The van der Waals surface area contributed by atoms with Gasteiger partial charge in [-0.25, -0.2) is 13.2 Å². The molecule has 3 aromatic carbocycles. The number of imide groups is 1. The zero-order chi connectivity index (χ0) is 48.3. The Balaban J connectivity index is 0.00000761. The summed E-state index contributed by atoms with van der Waals surface area (Å²) in [6.45, 7) is 10.4. The molecule has 1 saturated heterocycles. The van der Waals surface area contributed by atoms with Crippen molar-refractivity contribution in [1.29, 1.82) is 0 Å². The van der Waals surface area contributed by atoms with Crippen molar-refractivity contribution in [2.75, 3.05) is 50.7 Å². The van der Waals surface area contributed by atoms with Crippen LogP contribution < -0.4 is 39.2 Å². The molecule has 0 spiro atoms. The first-order valence-corrected chi connectivity index (χ1v) is 25.0.